The molecule has 1 atom stereocenters. The van der Waals surface area contributed by atoms with Gasteiger partial charge in [0, 0.05) is 6.54 Å². The first-order valence-corrected chi connectivity index (χ1v) is 5.88. The van der Waals surface area contributed by atoms with Gasteiger partial charge in [-0.1, -0.05) is 12.2 Å². The maximum atomic E-state index is 5.77. The molecule has 0 aliphatic heterocycles. The van der Waals surface area contributed by atoms with Crippen molar-refractivity contribution in [2.24, 2.45) is 10.7 Å². The fourth-order valence-corrected chi connectivity index (χ4v) is 1.47. The lowest BCUT2D eigenvalue weighted by Gasteiger charge is -2.20. The third-order valence-electron chi connectivity index (χ3n) is 2.50. The van der Waals surface area contributed by atoms with Gasteiger partial charge in [-0.05, 0) is 33.2 Å². The molecule has 6 heteroatoms. The molecule has 0 fully saturated rings. The third kappa shape index (κ3) is 6.63. The van der Waals surface area contributed by atoms with Gasteiger partial charge in [0.05, 0.1) is 18.8 Å². The molecule has 1 aromatic heterocycles. The Kier molecular flexibility index (Phi) is 8.49. The second-order valence-electron chi connectivity index (χ2n) is 4.53. The van der Waals surface area contributed by atoms with E-state index in [2.05, 4.69) is 16.9 Å². The zero-order valence-electron chi connectivity index (χ0n) is 11.7. The van der Waals surface area contributed by atoms with Gasteiger partial charge in [-0.3, -0.25) is 9.89 Å². The number of furan rings is 1. The van der Waals surface area contributed by atoms with Crippen LogP contribution in [-0.4, -0.2) is 38.0 Å². The fourth-order valence-electron chi connectivity index (χ4n) is 1.47. The number of nitrogens with two attached hydrogens (primary N) is 1. The molecule has 1 aromatic rings. The number of halogens is 1. The molecule has 0 aromatic carbocycles. The summed E-state index contributed by atoms with van der Waals surface area (Å²) < 4.78 is 5.40. The Labute approximate surface area is 132 Å². The molecule has 0 radical (unpaired) electrons. The molecule has 0 bridgehead atoms. The Hall–Kier alpha value is -1.02. The first-order valence-electron chi connectivity index (χ1n) is 5.88. The summed E-state index contributed by atoms with van der Waals surface area (Å²) in [5.41, 5.74) is 6.79. The summed E-state index contributed by atoms with van der Waals surface area (Å²) in [5.74, 6) is 1.31. The molecular formula is C13H23IN4O. The lowest BCUT2D eigenvalue weighted by molar-refractivity contribution is 0.265. The van der Waals surface area contributed by atoms with E-state index in [1.54, 1.807) is 6.26 Å². The topological polar surface area (TPSA) is 66.8 Å². The van der Waals surface area contributed by atoms with Gasteiger partial charge in [0.2, 0.25) is 0 Å². The van der Waals surface area contributed by atoms with E-state index >= 15 is 0 Å². The van der Waals surface area contributed by atoms with Crippen LogP contribution in [0.25, 0.3) is 0 Å². The Balaban J connectivity index is 0.00000324. The van der Waals surface area contributed by atoms with Crippen molar-refractivity contribution in [2.75, 3.05) is 27.2 Å². The van der Waals surface area contributed by atoms with Crippen LogP contribution in [-0.2, 0) is 0 Å². The number of nitrogens with one attached hydrogen (secondary N) is 1. The summed E-state index contributed by atoms with van der Waals surface area (Å²) in [4.78, 5) is 6.36. The number of nitrogens with zero attached hydrogens (tertiary/aromatic N) is 2. The first-order chi connectivity index (χ1) is 8.50. The second-order valence-corrected chi connectivity index (χ2v) is 4.53. The van der Waals surface area contributed by atoms with Gasteiger partial charge in [0.15, 0.2) is 5.96 Å². The maximum Gasteiger partial charge on any atom is 0.188 e. The van der Waals surface area contributed by atoms with Gasteiger partial charge >= 0.3 is 0 Å². The molecule has 3 N–H and O–H groups in total. The molecule has 0 spiro atoms. The smallest absolute Gasteiger partial charge is 0.188 e. The number of guanidine groups is 1. The summed E-state index contributed by atoms with van der Waals surface area (Å²) in [7, 11) is 3.97. The largest absolute Gasteiger partial charge is 0.468 e. The summed E-state index contributed by atoms with van der Waals surface area (Å²) in [6, 6.07) is 3.90. The highest BCUT2D eigenvalue weighted by Gasteiger charge is 2.16. The number of aliphatic imine (C=N–C) groups is 1. The molecule has 1 unspecified atom stereocenters. The molecule has 108 valence electrons. The standard InChI is InChI=1S/C13H22N4O.HI/c1-10(2)8-15-13(14)16-9-11(17(3)4)12-6-5-7-18-12;/h5-7,11H,1,8-9H2,2-4H3,(H3,14,15,16);1H. The van der Waals surface area contributed by atoms with Gasteiger partial charge in [0.25, 0.3) is 0 Å². The monoisotopic (exact) mass is 378 g/mol. The van der Waals surface area contributed by atoms with Crippen molar-refractivity contribution < 1.29 is 4.42 Å². The van der Waals surface area contributed by atoms with E-state index < -0.39 is 0 Å². The number of hydrogen-bond donors (Lipinski definition) is 2. The quantitative estimate of drug-likeness (QED) is 0.344. The molecule has 0 aliphatic carbocycles. The van der Waals surface area contributed by atoms with E-state index in [4.69, 9.17) is 10.2 Å². The van der Waals surface area contributed by atoms with Crippen molar-refractivity contribution in [1.29, 1.82) is 0 Å². The highest BCUT2D eigenvalue weighted by atomic mass is 127. The van der Waals surface area contributed by atoms with Crippen molar-refractivity contribution >= 4 is 29.9 Å². The van der Waals surface area contributed by atoms with Gasteiger partial charge in [-0.15, -0.1) is 24.0 Å². The molecule has 0 saturated carbocycles. The molecular weight excluding hydrogens is 355 g/mol. The predicted octanol–water partition coefficient (Wildman–Crippen LogP) is 1.98. The van der Waals surface area contributed by atoms with Gasteiger partial charge in [-0.2, -0.15) is 0 Å². The molecule has 19 heavy (non-hydrogen) atoms. The zero-order chi connectivity index (χ0) is 13.5. The fraction of sp³-hybridized carbons (Fsp3) is 0.462. The van der Waals surface area contributed by atoms with Gasteiger partial charge in [-0.25, -0.2) is 0 Å². The maximum absolute atomic E-state index is 5.77. The van der Waals surface area contributed by atoms with Gasteiger partial charge < -0.3 is 15.5 Å². The van der Waals surface area contributed by atoms with E-state index in [1.165, 1.54) is 0 Å². The average Bonchev–Trinajstić information content (AvgIpc) is 2.79. The van der Waals surface area contributed by atoms with Crippen molar-refractivity contribution in [3.63, 3.8) is 0 Å². The molecule has 1 rings (SSSR count). The van der Waals surface area contributed by atoms with Crippen LogP contribution < -0.4 is 11.1 Å². The van der Waals surface area contributed by atoms with Crippen molar-refractivity contribution in [1.82, 2.24) is 10.2 Å². The SMILES string of the molecule is C=C(C)CNC(N)=NCC(c1ccco1)N(C)C.I. The molecule has 0 saturated heterocycles. The highest BCUT2D eigenvalue weighted by molar-refractivity contribution is 14.0. The first kappa shape index (κ1) is 18.0. The average molecular weight is 378 g/mol. The lowest BCUT2D eigenvalue weighted by Crippen LogP contribution is -2.34. The van der Waals surface area contributed by atoms with Crippen molar-refractivity contribution in [3.8, 4) is 0 Å². The Morgan fingerprint density at radius 2 is 2.26 bits per heavy atom. The second kappa shape index (κ2) is 8.98. The minimum Gasteiger partial charge on any atom is -0.468 e. The zero-order valence-corrected chi connectivity index (χ0v) is 14.0. The predicted molar refractivity (Wildman–Crippen MR) is 89.9 cm³/mol. The summed E-state index contributed by atoms with van der Waals surface area (Å²) >= 11 is 0. The van der Waals surface area contributed by atoms with Gasteiger partial charge in [0.1, 0.15) is 5.76 Å². The number of hydrogen-bond acceptors (Lipinski definition) is 3. The highest BCUT2D eigenvalue weighted by Crippen LogP contribution is 2.18. The third-order valence-corrected chi connectivity index (χ3v) is 2.50. The minimum atomic E-state index is 0. The Morgan fingerprint density at radius 1 is 1.58 bits per heavy atom. The van der Waals surface area contributed by atoms with E-state index in [9.17, 15) is 0 Å². The van der Waals surface area contributed by atoms with E-state index in [-0.39, 0.29) is 30.0 Å². The lowest BCUT2D eigenvalue weighted by atomic mass is 10.2. The summed E-state index contributed by atoms with van der Waals surface area (Å²) in [5, 5.41) is 3.00. The van der Waals surface area contributed by atoms with Crippen LogP contribution in [0.5, 0.6) is 0 Å². The summed E-state index contributed by atoms with van der Waals surface area (Å²) in [6.07, 6.45) is 1.66. The van der Waals surface area contributed by atoms with E-state index in [0.29, 0.717) is 19.0 Å². The van der Waals surface area contributed by atoms with Crippen LogP contribution in [0.4, 0.5) is 0 Å². The molecule has 0 amide bonds. The normalized spacial score (nSPS) is 12.9. The molecule has 1 heterocycles. The van der Waals surface area contributed by atoms with Crippen LogP contribution in [0, 0.1) is 0 Å². The van der Waals surface area contributed by atoms with Crippen LogP contribution >= 0.6 is 24.0 Å². The molecule has 0 aliphatic rings. The van der Waals surface area contributed by atoms with Crippen LogP contribution in [0.15, 0.2) is 40.0 Å². The van der Waals surface area contributed by atoms with E-state index in [0.717, 1.165) is 11.3 Å². The number of likely N-dealkylation sites (N-methyl/N-ethyl adjacent to an activating group) is 1. The Bertz CT molecular complexity index is 401. The summed E-state index contributed by atoms with van der Waals surface area (Å²) in [6.45, 7) is 6.92. The van der Waals surface area contributed by atoms with Crippen molar-refractivity contribution in [2.45, 2.75) is 13.0 Å². The molecule has 5 nitrogen and oxygen atoms in total. The Morgan fingerprint density at radius 3 is 2.74 bits per heavy atom. The number of rotatable bonds is 6. The van der Waals surface area contributed by atoms with E-state index in [1.807, 2.05) is 38.1 Å². The van der Waals surface area contributed by atoms with Crippen molar-refractivity contribution in [3.05, 3.63) is 36.3 Å². The van der Waals surface area contributed by atoms with Crippen LogP contribution in [0.1, 0.15) is 18.7 Å². The minimum absolute atomic E-state index is 0. The van der Waals surface area contributed by atoms with Crippen LogP contribution in [0.3, 0.4) is 0 Å². The van der Waals surface area contributed by atoms with Crippen LogP contribution in [0.2, 0.25) is 0 Å².